The van der Waals surface area contributed by atoms with Gasteiger partial charge in [-0.05, 0) is 18.1 Å². The van der Waals surface area contributed by atoms with Crippen LogP contribution in [0.2, 0.25) is 0 Å². The first-order chi connectivity index (χ1) is 9.19. The minimum absolute atomic E-state index is 0.254. The number of aliphatic carboxylic acids is 1. The Morgan fingerprint density at radius 1 is 1.25 bits per heavy atom. The molecule has 1 amide bonds. The molecule has 0 saturated heterocycles. The fourth-order valence-corrected chi connectivity index (χ4v) is 1.70. The van der Waals surface area contributed by atoms with Crippen molar-refractivity contribution in [1.82, 2.24) is 4.90 Å². The molecule has 0 radical (unpaired) electrons. The number of nitrogens with zero attached hydrogens (tertiary/aromatic N) is 1. The topological polar surface area (TPSA) is 57.6 Å². The minimum atomic E-state index is -4.63. The van der Waals surface area contributed by atoms with E-state index >= 15 is 0 Å². The molecule has 20 heavy (non-hydrogen) atoms. The van der Waals surface area contributed by atoms with Crippen LogP contribution < -0.4 is 0 Å². The van der Waals surface area contributed by atoms with Gasteiger partial charge in [0.25, 0.3) is 0 Å². The van der Waals surface area contributed by atoms with Crippen LogP contribution >= 0.6 is 0 Å². The van der Waals surface area contributed by atoms with Crippen LogP contribution in [0.3, 0.4) is 0 Å². The number of carbonyl (C=O) groups is 2. The minimum Gasteiger partial charge on any atom is -0.480 e. The molecule has 7 heteroatoms. The molecular weight excluding hydrogens is 275 g/mol. The zero-order valence-corrected chi connectivity index (χ0v) is 10.8. The van der Waals surface area contributed by atoms with Gasteiger partial charge in [0.05, 0.1) is 6.42 Å². The predicted molar refractivity (Wildman–Crippen MR) is 65.2 cm³/mol. The van der Waals surface area contributed by atoms with Crippen molar-refractivity contribution in [1.29, 1.82) is 0 Å². The van der Waals surface area contributed by atoms with E-state index in [9.17, 15) is 22.8 Å². The monoisotopic (exact) mass is 289 g/mol. The van der Waals surface area contributed by atoms with Crippen molar-refractivity contribution in [3.8, 4) is 0 Å². The fourth-order valence-electron chi connectivity index (χ4n) is 1.70. The molecule has 1 aromatic carbocycles. The Morgan fingerprint density at radius 2 is 1.85 bits per heavy atom. The smallest absolute Gasteiger partial charge is 0.406 e. The number of carboxylic acid groups (broad SMARTS) is 1. The first-order valence-corrected chi connectivity index (χ1v) is 5.80. The van der Waals surface area contributed by atoms with Crippen LogP contribution in [0.4, 0.5) is 13.2 Å². The van der Waals surface area contributed by atoms with Gasteiger partial charge in [0, 0.05) is 0 Å². The van der Waals surface area contributed by atoms with Crippen LogP contribution in [0.1, 0.15) is 11.1 Å². The fraction of sp³-hybridized carbons (Fsp3) is 0.385. The molecule has 0 fully saturated rings. The molecular formula is C13H14F3NO3. The van der Waals surface area contributed by atoms with Gasteiger partial charge in [0.2, 0.25) is 5.91 Å². The van der Waals surface area contributed by atoms with Gasteiger partial charge in [0.1, 0.15) is 13.1 Å². The van der Waals surface area contributed by atoms with E-state index < -0.39 is 31.1 Å². The Hall–Kier alpha value is -2.05. The highest BCUT2D eigenvalue weighted by Gasteiger charge is 2.33. The van der Waals surface area contributed by atoms with Crippen LogP contribution in [-0.2, 0) is 16.0 Å². The largest absolute Gasteiger partial charge is 0.480 e. The van der Waals surface area contributed by atoms with Crippen molar-refractivity contribution in [2.24, 2.45) is 0 Å². The first kappa shape index (κ1) is 16.0. The summed E-state index contributed by atoms with van der Waals surface area (Å²) in [5.41, 5.74) is 1.35. The average molecular weight is 289 g/mol. The lowest BCUT2D eigenvalue weighted by molar-refractivity contribution is -0.165. The second-order valence-corrected chi connectivity index (χ2v) is 4.36. The van der Waals surface area contributed by atoms with Gasteiger partial charge in [-0.2, -0.15) is 13.2 Å². The van der Waals surface area contributed by atoms with Crippen molar-refractivity contribution in [2.45, 2.75) is 19.5 Å². The molecule has 0 aromatic heterocycles. The second kappa shape index (κ2) is 6.40. The van der Waals surface area contributed by atoms with E-state index in [2.05, 4.69) is 0 Å². The van der Waals surface area contributed by atoms with Gasteiger partial charge in [-0.1, -0.05) is 24.3 Å². The molecule has 0 spiro atoms. The third-order valence-corrected chi connectivity index (χ3v) is 2.65. The van der Waals surface area contributed by atoms with Crippen molar-refractivity contribution in [3.05, 3.63) is 35.4 Å². The Balaban J connectivity index is 2.83. The number of rotatable bonds is 5. The van der Waals surface area contributed by atoms with Crippen LogP contribution in [0, 0.1) is 6.92 Å². The summed E-state index contributed by atoms with van der Waals surface area (Å²) in [7, 11) is 0. The zero-order valence-electron chi connectivity index (χ0n) is 10.8. The number of benzene rings is 1. The maximum atomic E-state index is 12.3. The van der Waals surface area contributed by atoms with E-state index in [0.717, 1.165) is 5.56 Å². The second-order valence-electron chi connectivity index (χ2n) is 4.36. The normalized spacial score (nSPS) is 11.2. The number of carboxylic acids is 1. The van der Waals surface area contributed by atoms with E-state index in [4.69, 9.17) is 5.11 Å². The Kier molecular flexibility index (Phi) is 5.12. The van der Waals surface area contributed by atoms with E-state index in [1.54, 1.807) is 31.2 Å². The SMILES string of the molecule is Cc1ccccc1CC(=O)N(CC(=O)O)CC(F)(F)F. The number of aryl methyl sites for hydroxylation is 1. The van der Waals surface area contributed by atoms with Crippen LogP contribution in [0.25, 0.3) is 0 Å². The molecule has 4 nitrogen and oxygen atoms in total. The summed E-state index contributed by atoms with van der Waals surface area (Å²) in [5, 5.41) is 8.59. The van der Waals surface area contributed by atoms with E-state index in [-0.39, 0.29) is 6.42 Å². The molecule has 0 aliphatic carbocycles. The molecule has 1 rings (SSSR count). The summed E-state index contributed by atoms with van der Waals surface area (Å²) in [6, 6.07) is 6.77. The molecule has 0 aliphatic heterocycles. The Labute approximate surface area is 113 Å². The summed E-state index contributed by atoms with van der Waals surface area (Å²) in [5.74, 6) is -2.34. The lowest BCUT2D eigenvalue weighted by atomic mass is 10.1. The molecule has 0 unspecified atom stereocenters. The molecule has 0 bridgehead atoms. The first-order valence-electron chi connectivity index (χ1n) is 5.80. The lowest BCUT2D eigenvalue weighted by Gasteiger charge is -2.22. The van der Waals surface area contributed by atoms with E-state index in [1.165, 1.54) is 0 Å². The Bertz CT molecular complexity index is 500. The number of carbonyl (C=O) groups excluding carboxylic acids is 1. The van der Waals surface area contributed by atoms with E-state index in [1.807, 2.05) is 0 Å². The number of hydrogen-bond donors (Lipinski definition) is 1. The van der Waals surface area contributed by atoms with Crippen molar-refractivity contribution in [2.75, 3.05) is 13.1 Å². The summed E-state index contributed by atoms with van der Waals surface area (Å²) < 4.78 is 37.0. The van der Waals surface area contributed by atoms with Gasteiger partial charge in [-0.3, -0.25) is 9.59 Å². The highest BCUT2D eigenvalue weighted by molar-refractivity contribution is 5.83. The highest BCUT2D eigenvalue weighted by atomic mass is 19.4. The lowest BCUT2D eigenvalue weighted by Crippen LogP contribution is -2.42. The number of amides is 1. The van der Waals surface area contributed by atoms with Crippen LogP contribution in [0.5, 0.6) is 0 Å². The van der Waals surface area contributed by atoms with Gasteiger partial charge in [-0.15, -0.1) is 0 Å². The molecule has 0 saturated carbocycles. The maximum Gasteiger partial charge on any atom is 0.406 e. The summed E-state index contributed by atoms with van der Waals surface area (Å²) in [6.07, 6.45) is -4.88. The number of hydrogen-bond acceptors (Lipinski definition) is 2. The molecule has 0 aliphatic rings. The van der Waals surface area contributed by atoms with Crippen LogP contribution in [-0.4, -0.2) is 41.1 Å². The third kappa shape index (κ3) is 5.29. The molecule has 0 heterocycles. The molecule has 110 valence electrons. The number of halogens is 3. The molecule has 0 atom stereocenters. The molecule has 1 aromatic rings. The highest BCUT2D eigenvalue weighted by Crippen LogP contribution is 2.17. The summed E-state index contributed by atoms with van der Waals surface area (Å²) >= 11 is 0. The Morgan fingerprint density at radius 3 is 2.35 bits per heavy atom. The molecule has 1 N–H and O–H groups in total. The standard InChI is InChI=1S/C13H14F3NO3/c1-9-4-2-3-5-10(9)6-11(18)17(7-12(19)20)8-13(14,15)16/h2-5H,6-8H2,1H3,(H,19,20). The zero-order chi connectivity index (χ0) is 15.3. The summed E-state index contributed by atoms with van der Waals surface area (Å²) in [4.78, 5) is 22.7. The van der Waals surface area contributed by atoms with E-state index in [0.29, 0.717) is 10.5 Å². The third-order valence-electron chi connectivity index (χ3n) is 2.65. The summed E-state index contributed by atoms with van der Waals surface area (Å²) in [6.45, 7) is -0.803. The maximum absolute atomic E-state index is 12.3. The van der Waals surface area contributed by atoms with Gasteiger partial charge in [-0.25, -0.2) is 0 Å². The van der Waals surface area contributed by atoms with Crippen molar-refractivity contribution in [3.63, 3.8) is 0 Å². The predicted octanol–water partition coefficient (Wildman–Crippen LogP) is 2.01. The van der Waals surface area contributed by atoms with Gasteiger partial charge in [0.15, 0.2) is 0 Å². The van der Waals surface area contributed by atoms with Crippen LogP contribution in [0.15, 0.2) is 24.3 Å². The quantitative estimate of drug-likeness (QED) is 0.902. The van der Waals surface area contributed by atoms with Crippen molar-refractivity contribution >= 4 is 11.9 Å². The number of alkyl halides is 3. The van der Waals surface area contributed by atoms with Crippen molar-refractivity contribution < 1.29 is 27.9 Å². The average Bonchev–Trinajstić information content (AvgIpc) is 2.28. The van der Waals surface area contributed by atoms with Gasteiger partial charge < -0.3 is 10.0 Å². The van der Waals surface area contributed by atoms with Gasteiger partial charge >= 0.3 is 12.1 Å².